The number of nitriles is 1. The Labute approximate surface area is 236 Å². The number of aliphatic carboxylic acids is 1. The number of hydrogen-bond acceptors (Lipinski definition) is 6. The highest BCUT2D eigenvalue weighted by Crippen LogP contribution is 2.27. The fourth-order valence-corrected chi connectivity index (χ4v) is 5.50. The van der Waals surface area contributed by atoms with Crippen LogP contribution in [-0.4, -0.2) is 47.8 Å². The van der Waals surface area contributed by atoms with E-state index in [0.717, 1.165) is 0 Å². The van der Waals surface area contributed by atoms with E-state index < -0.39 is 28.0 Å². The molecule has 4 aromatic rings. The van der Waals surface area contributed by atoms with Gasteiger partial charge in [-0.1, -0.05) is 24.1 Å². The Morgan fingerprint density at radius 3 is 2.44 bits per heavy atom. The number of nitrogens with one attached hydrogen (secondary N) is 1. The molecule has 0 aliphatic rings. The third-order valence-corrected chi connectivity index (χ3v) is 7.82. The van der Waals surface area contributed by atoms with Crippen molar-refractivity contribution in [1.29, 1.82) is 5.26 Å². The molecule has 0 bridgehead atoms. The molecule has 0 aliphatic carbocycles. The fourth-order valence-electron chi connectivity index (χ4n) is 4.31. The van der Waals surface area contributed by atoms with Gasteiger partial charge in [0.1, 0.15) is 18.4 Å². The lowest BCUT2D eigenvalue weighted by Gasteiger charge is -2.15. The predicted octanol–water partition coefficient (Wildman–Crippen LogP) is 3.64. The number of benzene rings is 3. The standard InChI is InChI=1S/C30H25N3O7S/c1-2-3-14-40-24-9-11-25(12-10-24)41(38,39)32-27(30(36)37)16-23-19-33(18-22-7-5-4-6-21(22)17-31)28-13-8-20(29(34)35)15-26(23)28/h4-13,15,19,27,32H,14,16,18H2,1H3,(H,34,35)(H,36,37)/t27-/m0/s1. The third kappa shape index (κ3) is 6.73. The first kappa shape index (κ1) is 28.9. The summed E-state index contributed by atoms with van der Waals surface area (Å²) in [5.41, 5.74) is 2.20. The van der Waals surface area contributed by atoms with Crippen LogP contribution in [0.3, 0.4) is 0 Å². The molecule has 208 valence electrons. The highest BCUT2D eigenvalue weighted by molar-refractivity contribution is 7.89. The van der Waals surface area contributed by atoms with Crippen LogP contribution in [0.4, 0.5) is 0 Å². The van der Waals surface area contributed by atoms with Crippen molar-refractivity contribution in [3.05, 3.63) is 95.2 Å². The molecule has 0 radical (unpaired) electrons. The van der Waals surface area contributed by atoms with Crippen LogP contribution in [0.1, 0.15) is 34.0 Å². The summed E-state index contributed by atoms with van der Waals surface area (Å²) in [5.74, 6) is 3.25. The fraction of sp³-hybridized carbons (Fsp3) is 0.167. The minimum Gasteiger partial charge on any atom is -0.481 e. The summed E-state index contributed by atoms with van der Waals surface area (Å²) in [6.07, 6.45) is 1.39. The van der Waals surface area contributed by atoms with Gasteiger partial charge in [-0.2, -0.15) is 9.98 Å². The molecule has 41 heavy (non-hydrogen) atoms. The first-order valence-electron chi connectivity index (χ1n) is 12.3. The number of hydrogen-bond donors (Lipinski definition) is 3. The van der Waals surface area contributed by atoms with Crippen LogP contribution in [0.5, 0.6) is 5.75 Å². The summed E-state index contributed by atoms with van der Waals surface area (Å²) in [7, 11) is -4.24. The van der Waals surface area contributed by atoms with Gasteiger partial charge in [0.05, 0.1) is 22.1 Å². The second-order valence-corrected chi connectivity index (χ2v) is 10.7. The number of fused-ring (bicyclic) bond motifs is 1. The van der Waals surface area contributed by atoms with Crippen LogP contribution in [0, 0.1) is 23.2 Å². The Bertz CT molecular complexity index is 1830. The highest BCUT2D eigenvalue weighted by atomic mass is 32.2. The zero-order valence-corrected chi connectivity index (χ0v) is 22.7. The van der Waals surface area contributed by atoms with E-state index in [1.165, 1.54) is 36.4 Å². The summed E-state index contributed by atoms with van der Waals surface area (Å²) >= 11 is 0. The molecular weight excluding hydrogens is 546 g/mol. The third-order valence-electron chi connectivity index (χ3n) is 6.33. The molecule has 0 saturated carbocycles. The van der Waals surface area contributed by atoms with Gasteiger partial charge in [0.2, 0.25) is 10.0 Å². The lowest BCUT2D eigenvalue weighted by Crippen LogP contribution is -2.42. The number of ether oxygens (including phenoxy) is 1. The largest absolute Gasteiger partial charge is 0.481 e. The quantitative estimate of drug-likeness (QED) is 0.230. The van der Waals surface area contributed by atoms with E-state index in [1.54, 1.807) is 48.0 Å². The van der Waals surface area contributed by atoms with Crippen LogP contribution in [0.25, 0.3) is 10.9 Å². The van der Waals surface area contributed by atoms with Gasteiger partial charge in [-0.15, -0.1) is 5.92 Å². The van der Waals surface area contributed by atoms with E-state index in [1.807, 2.05) is 0 Å². The SMILES string of the molecule is CC#CCOc1ccc(S(=O)(=O)N[C@@H](Cc2cn(Cc3ccccc3C#N)c3ccc(C(=O)O)cc23)C(=O)O)cc1. The van der Waals surface area contributed by atoms with Gasteiger partial charge in [-0.3, -0.25) is 4.79 Å². The number of rotatable bonds is 11. The molecule has 3 aromatic carbocycles. The first-order valence-corrected chi connectivity index (χ1v) is 13.8. The number of aromatic nitrogens is 1. The summed E-state index contributed by atoms with van der Waals surface area (Å²) in [6, 6.07) is 17.5. The molecule has 10 nitrogen and oxygen atoms in total. The first-order chi connectivity index (χ1) is 19.6. The van der Waals surface area contributed by atoms with Gasteiger partial charge in [0.25, 0.3) is 0 Å². The van der Waals surface area contributed by atoms with E-state index >= 15 is 0 Å². The van der Waals surface area contributed by atoms with Crippen LogP contribution >= 0.6 is 0 Å². The van der Waals surface area contributed by atoms with Gasteiger partial charge >= 0.3 is 11.9 Å². The number of sulfonamides is 1. The Morgan fingerprint density at radius 1 is 1.05 bits per heavy atom. The molecule has 3 N–H and O–H groups in total. The maximum Gasteiger partial charge on any atom is 0.335 e. The van der Waals surface area contributed by atoms with Gasteiger partial charge in [-0.05, 0) is 66.6 Å². The molecule has 0 spiro atoms. The molecule has 0 unspecified atom stereocenters. The van der Waals surface area contributed by atoms with E-state index in [2.05, 4.69) is 22.6 Å². The van der Waals surface area contributed by atoms with Gasteiger partial charge in [0.15, 0.2) is 0 Å². The van der Waals surface area contributed by atoms with Crippen molar-refractivity contribution >= 4 is 32.9 Å². The second-order valence-electron chi connectivity index (χ2n) is 8.99. The summed E-state index contributed by atoms with van der Waals surface area (Å²) in [4.78, 5) is 23.7. The lowest BCUT2D eigenvalue weighted by atomic mass is 10.0. The topological polar surface area (TPSA) is 159 Å². The van der Waals surface area contributed by atoms with Crippen LogP contribution < -0.4 is 9.46 Å². The normalized spacial score (nSPS) is 11.7. The van der Waals surface area contributed by atoms with Crippen LogP contribution in [0.2, 0.25) is 0 Å². The van der Waals surface area contributed by atoms with Crippen molar-refractivity contribution in [3.8, 4) is 23.7 Å². The van der Waals surface area contributed by atoms with Crippen molar-refractivity contribution in [2.24, 2.45) is 0 Å². The second kappa shape index (κ2) is 12.4. The maximum absolute atomic E-state index is 13.1. The predicted molar refractivity (Wildman–Crippen MR) is 150 cm³/mol. The molecule has 11 heteroatoms. The minimum atomic E-state index is -4.24. The molecule has 0 amide bonds. The zero-order chi connectivity index (χ0) is 29.6. The molecule has 0 saturated heterocycles. The van der Waals surface area contributed by atoms with E-state index in [4.69, 9.17) is 4.74 Å². The average Bonchev–Trinajstić information content (AvgIpc) is 3.29. The van der Waals surface area contributed by atoms with E-state index in [0.29, 0.717) is 33.3 Å². The van der Waals surface area contributed by atoms with Crippen LogP contribution in [-0.2, 0) is 27.8 Å². The van der Waals surface area contributed by atoms with Gasteiger partial charge in [0, 0.05) is 30.1 Å². The Balaban J connectivity index is 1.66. The van der Waals surface area contributed by atoms with E-state index in [-0.39, 0.29) is 30.0 Å². The maximum atomic E-state index is 13.1. The number of carbonyl (C=O) groups is 2. The summed E-state index contributed by atoms with van der Waals surface area (Å²) in [5, 5.41) is 29.4. The summed E-state index contributed by atoms with van der Waals surface area (Å²) in [6.45, 7) is 2.07. The van der Waals surface area contributed by atoms with Crippen LogP contribution in [0.15, 0.2) is 77.8 Å². The molecule has 1 atom stereocenters. The average molecular weight is 572 g/mol. The highest BCUT2D eigenvalue weighted by Gasteiger charge is 2.27. The Morgan fingerprint density at radius 2 is 1.78 bits per heavy atom. The van der Waals surface area contributed by atoms with Gasteiger partial charge < -0.3 is 19.5 Å². The Kier molecular flexibility index (Phi) is 8.73. The van der Waals surface area contributed by atoms with Crippen molar-refractivity contribution in [3.63, 3.8) is 0 Å². The van der Waals surface area contributed by atoms with Gasteiger partial charge in [-0.25, -0.2) is 13.2 Å². The minimum absolute atomic E-state index is 0.00592. The molecule has 0 fully saturated rings. The monoisotopic (exact) mass is 571 g/mol. The summed E-state index contributed by atoms with van der Waals surface area (Å²) < 4.78 is 35.6. The molecule has 4 rings (SSSR count). The number of aromatic carboxylic acids is 1. The van der Waals surface area contributed by atoms with Crippen molar-refractivity contribution in [2.45, 2.75) is 30.8 Å². The molecule has 1 aromatic heterocycles. The lowest BCUT2D eigenvalue weighted by molar-refractivity contribution is -0.138. The number of carboxylic acid groups (broad SMARTS) is 2. The Hall–Kier alpha value is -5.10. The van der Waals surface area contributed by atoms with Crippen molar-refractivity contribution < 1.29 is 33.0 Å². The van der Waals surface area contributed by atoms with E-state index in [9.17, 15) is 33.5 Å². The van der Waals surface area contributed by atoms with Crippen molar-refractivity contribution in [1.82, 2.24) is 9.29 Å². The van der Waals surface area contributed by atoms with Crippen molar-refractivity contribution in [2.75, 3.05) is 6.61 Å². The number of nitrogens with zero attached hydrogens (tertiary/aromatic N) is 2. The number of carboxylic acids is 2. The smallest absolute Gasteiger partial charge is 0.335 e. The molecule has 0 aliphatic heterocycles. The zero-order valence-electron chi connectivity index (χ0n) is 21.9. The molecule has 1 heterocycles. The molecular formula is C30H25N3O7S.